The number of rotatable bonds is 3. The number of amides is 1. The van der Waals surface area contributed by atoms with Crippen LogP contribution in [0.4, 0.5) is 0 Å². The minimum atomic E-state index is -3.14. The Bertz CT molecular complexity index is 663. The van der Waals surface area contributed by atoms with Gasteiger partial charge in [0.2, 0.25) is 15.9 Å². The van der Waals surface area contributed by atoms with Crippen molar-refractivity contribution in [1.82, 2.24) is 9.21 Å². The molecule has 0 N–H and O–H groups in total. The van der Waals surface area contributed by atoms with Gasteiger partial charge in [0.1, 0.15) is 0 Å². The van der Waals surface area contributed by atoms with E-state index in [2.05, 4.69) is 13.8 Å². The second kappa shape index (κ2) is 5.44. The van der Waals surface area contributed by atoms with E-state index in [0.717, 1.165) is 5.92 Å². The van der Waals surface area contributed by atoms with Crippen molar-refractivity contribution in [2.24, 2.45) is 22.2 Å². The molecule has 4 saturated carbocycles. The summed E-state index contributed by atoms with van der Waals surface area (Å²) in [5, 5.41) is 0. The highest BCUT2D eigenvalue weighted by molar-refractivity contribution is 7.88. The van der Waals surface area contributed by atoms with Gasteiger partial charge in [0.15, 0.2) is 0 Å². The molecule has 0 aromatic carbocycles. The summed E-state index contributed by atoms with van der Waals surface area (Å²) >= 11 is 0. The first-order valence-corrected chi connectivity index (χ1v) is 11.6. The largest absolute Gasteiger partial charge is 0.340 e. The molecule has 1 saturated heterocycles. The zero-order chi connectivity index (χ0) is 18.1. The first kappa shape index (κ1) is 17.8. The molecule has 142 valence electrons. The highest BCUT2D eigenvalue weighted by atomic mass is 32.2. The SMILES string of the molecule is C[C@]12CC3CC(CC(=O)N4CCN(S(C)(=O)=O)CC4)(C1)C[C@@](C)(C3)C2. The number of nitrogens with zero attached hydrogens (tertiary/aromatic N) is 2. The van der Waals surface area contributed by atoms with Crippen molar-refractivity contribution in [3.05, 3.63) is 0 Å². The standard InChI is InChI=1S/C19H32N2O3S/c1-17-8-15-9-18(2,12-17)14-19(10-15,13-17)11-16(22)20-4-6-21(7-5-20)25(3,23)24/h15H,4-14H2,1-3H3/t15?,17-,18+,19?. The summed E-state index contributed by atoms with van der Waals surface area (Å²) in [4.78, 5) is 14.9. The van der Waals surface area contributed by atoms with Crippen molar-refractivity contribution >= 4 is 15.9 Å². The third-order valence-corrected chi connectivity index (χ3v) is 8.63. The lowest BCUT2D eigenvalue weighted by atomic mass is 9.40. The Balaban J connectivity index is 1.43. The van der Waals surface area contributed by atoms with Crippen molar-refractivity contribution in [1.29, 1.82) is 0 Å². The van der Waals surface area contributed by atoms with Crippen LogP contribution in [-0.2, 0) is 14.8 Å². The van der Waals surface area contributed by atoms with Crippen LogP contribution in [0.25, 0.3) is 0 Å². The van der Waals surface area contributed by atoms with Crippen LogP contribution in [0.2, 0.25) is 0 Å². The molecule has 1 aliphatic heterocycles. The summed E-state index contributed by atoms with van der Waals surface area (Å²) in [6.45, 7) is 6.85. The van der Waals surface area contributed by atoms with Gasteiger partial charge >= 0.3 is 0 Å². The molecule has 5 rings (SSSR count). The lowest BCUT2D eigenvalue weighted by Gasteiger charge is -2.65. The fraction of sp³-hybridized carbons (Fsp3) is 0.947. The van der Waals surface area contributed by atoms with E-state index in [1.54, 1.807) is 0 Å². The Hall–Kier alpha value is -0.620. The van der Waals surface area contributed by atoms with Gasteiger partial charge in [-0.2, -0.15) is 4.31 Å². The molecule has 0 spiro atoms. The fourth-order valence-corrected chi connectivity index (χ4v) is 8.41. The first-order chi connectivity index (χ1) is 11.5. The van der Waals surface area contributed by atoms with E-state index in [1.807, 2.05) is 4.90 Å². The topological polar surface area (TPSA) is 57.7 Å². The van der Waals surface area contributed by atoms with Crippen LogP contribution in [0.1, 0.15) is 58.8 Å². The van der Waals surface area contributed by atoms with Crippen molar-refractivity contribution < 1.29 is 13.2 Å². The molecule has 25 heavy (non-hydrogen) atoms. The molecule has 0 aromatic heterocycles. The maximum absolute atomic E-state index is 13.0. The smallest absolute Gasteiger partial charge is 0.223 e. The number of carbonyl (C=O) groups is 1. The Labute approximate surface area is 152 Å². The molecule has 0 radical (unpaired) electrons. The van der Waals surface area contributed by atoms with Gasteiger partial charge in [-0.3, -0.25) is 4.79 Å². The third kappa shape index (κ3) is 3.25. The van der Waals surface area contributed by atoms with Gasteiger partial charge in [-0.25, -0.2) is 8.42 Å². The van der Waals surface area contributed by atoms with Gasteiger partial charge < -0.3 is 4.90 Å². The highest BCUT2D eigenvalue weighted by Gasteiger charge is 2.60. The van der Waals surface area contributed by atoms with E-state index in [9.17, 15) is 13.2 Å². The van der Waals surface area contributed by atoms with Crippen LogP contribution in [-0.4, -0.2) is 56.0 Å². The van der Waals surface area contributed by atoms with Gasteiger partial charge in [-0.1, -0.05) is 13.8 Å². The molecule has 5 nitrogen and oxygen atoms in total. The number of piperazine rings is 1. The minimum absolute atomic E-state index is 0.202. The Morgan fingerprint density at radius 1 is 0.960 bits per heavy atom. The molecule has 5 aliphatic rings. The summed E-state index contributed by atoms with van der Waals surface area (Å²) in [6, 6.07) is 0. The van der Waals surface area contributed by atoms with Crippen LogP contribution in [0.3, 0.4) is 0 Å². The summed E-state index contributed by atoms with van der Waals surface area (Å²) in [6.07, 6.45) is 9.61. The lowest BCUT2D eigenvalue weighted by Crippen LogP contribution is -2.57. The zero-order valence-electron chi connectivity index (χ0n) is 15.9. The van der Waals surface area contributed by atoms with Gasteiger partial charge in [-0.05, 0) is 60.7 Å². The van der Waals surface area contributed by atoms with E-state index in [-0.39, 0.29) is 11.3 Å². The molecule has 4 aliphatic carbocycles. The van der Waals surface area contributed by atoms with Crippen molar-refractivity contribution in [3.8, 4) is 0 Å². The Morgan fingerprint density at radius 2 is 1.52 bits per heavy atom. The van der Waals surface area contributed by atoms with E-state index >= 15 is 0 Å². The quantitative estimate of drug-likeness (QED) is 0.769. The van der Waals surface area contributed by atoms with Gasteiger partial charge in [0, 0.05) is 32.6 Å². The second-order valence-electron chi connectivity index (χ2n) is 10.3. The van der Waals surface area contributed by atoms with Crippen LogP contribution >= 0.6 is 0 Å². The monoisotopic (exact) mass is 368 g/mol. The van der Waals surface area contributed by atoms with Gasteiger partial charge in [0.25, 0.3) is 0 Å². The van der Waals surface area contributed by atoms with Crippen LogP contribution in [0.5, 0.6) is 0 Å². The molecule has 0 aromatic rings. The van der Waals surface area contributed by atoms with E-state index < -0.39 is 10.0 Å². The maximum atomic E-state index is 13.0. The lowest BCUT2D eigenvalue weighted by molar-refractivity contribution is -0.161. The van der Waals surface area contributed by atoms with Crippen LogP contribution in [0.15, 0.2) is 0 Å². The molecule has 6 heteroatoms. The van der Waals surface area contributed by atoms with Gasteiger partial charge in [-0.15, -0.1) is 0 Å². The van der Waals surface area contributed by atoms with E-state index in [4.69, 9.17) is 0 Å². The van der Waals surface area contributed by atoms with Crippen LogP contribution in [0, 0.1) is 22.2 Å². The molecule has 1 amide bonds. The molecular weight excluding hydrogens is 336 g/mol. The summed E-state index contributed by atoms with van der Waals surface area (Å²) < 4.78 is 24.8. The average molecular weight is 369 g/mol. The fourth-order valence-electron chi connectivity index (χ4n) is 7.58. The van der Waals surface area contributed by atoms with Crippen molar-refractivity contribution in [3.63, 3.8) is 0 Å². The minimum Gasteiger partial charge on any atom is -0.340 e. The first-order valence-electron chi connectivity index (χ1n) is 9.73. The van der Waals surface area contributed by atoms with Crippen molar-refractivity contribution in [2.45, 2.75) is 58.8 Å². The Morgan fingerprint density at radius 3 is 2.00 bits per heavy atom. The zero-order valence-corrected chi connectivity index (χ0v) is 16.7. The van der Waals surface area contributed by atoms with E-state index in [0.29, 0.717) is 43.4 Å². The number of hydrogen-bond acceptors (Lipinski definition) is 3. The molecule has 2 unspecified atom stereocenters. The maximum Gasteiger partial charge on any atom is 0.223 e. The average Bonchev–Trinajstić information content (AvgIpc) is 2.42. The number of hydrogen-bond donors (Lipinski definition) is 0. The molecular formula is C19H32N2O3S. The summed E-state index contributed by atoms with van der Waals surface area (Å²) in [5.41, 5.74) is 1.07. The summed E-state index contributed by atoms with van der Waals surface area (Å²) in [5.74, 6) is 1.06. The van der Waals surface area contributed by atoms with Crippen molar-refractivity contribution in [2.75, 3.05) is 32.4 Å². The second-order valence-corrected chi connectivity index (χ2v) is 12.3. The van der Waals surface area contributed by atoms with Crippen LogP contribution < -0.4 is 0 Å². The number of carbonyl (C=O) groups excluding carboxylic acids is 1. The third-order valence-electron chi connectivity index (χ3n) is 7.33. The number of sulfonamides is 1. The molecule has 5 fully saturated rings. The predicted molar refractivity (Wildman–Crippen MR) is 97.5 cm³/mol. The highest BCUT2D eigenvalue weighted by Crippen LogP contribution is 2.70. The predicted octanol–water partition coefficient (Wildman–Crippen LogP) is 2.48. The molecule has 1 heterocycles. The molecule has 4 bridgehead atoms. The van der Waals surface area contributed by atoms with E-state index in [1.165, 1.54) is 49.1 Å². The summed E-state index contributed by atoms with van der Waals surface area (Å²) in [7, 11) is -3.14. The Kier molecular flexibility index (Phi) is 3.87. The van der Waals surface area contributed by atoms with Gasteiger partial charge in [0.05, 0.1) is 6.26 Å². The molecule has 4 atom stereocenters. The normalized spacial score (nSPS) is 44.3.